The number of anilines is 2. The summed E-state index contributed by atoms with van der Waals surface area (Å²) in [5.41, 5.74) is 9.56. The van der Waals surface area contributed by atoms with Gasteiger partial charge in [-0.2, -0.15) is 4.98 Å². The SMILES string of the molecule is COc1ccc(-c2ccc3nc(N)nc(N4CCN(C(=O)NCc5cccc(F)c5)CC4)c3n2)cc1OC. The molecule has 2 aromatic heterocycles. The summed E-state index contributed by atoms with van der Waals surface area (Å²) in [5, 5.41) is 2.86. The first-order valence-electron chi connectivity index (χ1n) is 12.1. The molecule has 1 aliphatic rings. The molecule has 4 aromatic rings. The van der Waals surface area contributed by atoms with E-state index in [1.54, 1.807) is 31.3 Å². The van der Waals surface area contributed by atoms with Gasteiger partial charge >= 0.3 is 6.03 Å². The van der Waals surface area contributed by atoms with E-state index >= 15 is 0 Å². The van der Waals surface area contributed by atoms with Gasteiger partial charge in [0.2, 0.25) is 5.95 Å². The van der Waals surface area contributed by atoms with Crippen LogP contribution in [0.2, 0.25) is 0 Å². The highest BCUT2D eigenvalue weighted by Crippen LogP contribution is 2.33. The summed E-state index contributed by atoms with van der Waals surface area (Å²) < 4.78 is 24.2. The first-order valence-corrected chi connectivity index (χ1v) is 12.1. The van der Waals surface area contributed by atoms with Crippen LogP contribution in [0.3, 0.4) is 0 Å². The Morgan fingerprint density at radius 2 is 1.76 bits per heavy atom. The van der Waals surface area contributed by atoms with Gasteiger partial charge in [0.05, 0.1) is 25.4 Å². The van der Waals surface area contributed by atoms with Crippen LogP contribution in [-0.4, -0.2) is 66.3 Å². The van der Waals surface area contributed by atoms with Crippen molar-refractivity contribution >= 4 is 28.8 Å². The van der Waals surface area contributed by atoms with Crippen molar-refractivity contribution in [1.82, 2.24) is 25.2 Å². The molecule has 0 aliphatic carbocycles. The van der Waals surface area contributed by atoms with E-state index in [2.05, 4.69) is 20.2 Å². The van der Waals surface area contributed by atoms with Crippen LogP contribution in [0.5, 0.6) is 11.5 Å². The Bertz CT molecular complexity index is 1470. The number of fused-ring (bicyclic) bond motifs is 1. The van der Waals surface area contributed by atoms with Gasteiger partial charge in [0.25, 0.3) is 0 Å². The number of aromatic nitrogens is 3. The van der Waals surface area contributed by atoms with Crippen LogP contribution in [0.15, 0.2) is 54.6 Å². The number of carbonyl (C=O) groups excluding carboxylic acids is 1. The maximum atomic E-state index is 13.4. The molecule has 0 saturated carbocycles. The molecule has 3 N–H and O–H groups in total. The van der Waals surface area contributed by atoms with Crippen LogP contribution in [0, 0.1) is 5.82 Å². The molecule has 2 aromatic carbocycles. The van der Waals surface area contributed by atoms with Gasteiger partial charge in [0, 0.05) is 38.3 Å². The van der Waals surface area contributed by atoms with Crippen LogP contribution >= 0.6 is 0 Å². The van der Waals surface area contributed by atoms with Crippen molar-refractivity contribution in [2.45, 2.75) is 6.54 Å². The van der Waals surface area contributed by atoms with Crippen molar-refractivity contribution in [3.8, 4) is 22.8 Å². The largest absolute Gasteiger partial charge is 0.493 e. The summed E-state index contributed by atoms with van der Waals surface area (Å²) in [6, 6.07) is 15.3. The number of nitrogens with zero attached hydrogens (tertiary/aromatic N) is 5. The van der Waals surface area contributed by atoms with E-state index in [9.17, 15) is 9.18 Å². The molecule has 0 atom stereocenters. The number of pyridine rings is 1. The first kappa shape index (κ1) is 25.0. The number of carbonyl (C=O) groups is 1. The normalized spacial score (nSPS) is 13.4. The lowest BCUT2D eigenvalue weighted by Crippen LogP contribution is -2.52. The molecule has 1 fully saturated rings. The number of nitrogens with one attached hydrogen (secondary N) is 1. The number of piperazine rings is 1. The van der Waals surface area contributed by atoms with E-state index < -0.39 is 0 Å². The van der Waals surface area contributed by atoms with Gasteiger partial charge in [-0.1, -0.05) is 12.1 Å². The van der Waals surface area contributed by atoms with Crippen LogP contribution in [0.1, 0.15) is 5.56 Å². The molecule has 196 valence electrons. The second kappa shape index (κ2) is 10.8. The lowest BCUT2D eigenvalue weighted by Gasteiger charge is -2.35. The van der Waals surface area contributed by atoms with E-state index in [1.165, 1.54) is 12.1 Å². The first-order chi connectivity index (χ1) is 18.4. The minimum atomic E-state index is -0.329. The quantitative estimate of drug-likeness (QED) is 0.399. The Labute approximate surface area is 219 Å². The average Bonchev–Trinajstić information content (AvgIpc) is 2.95. The Morgan fingerprint density at radius 1 is 0.974 bits per heavy atom. The van der Waals surface area contributed by atoms with Crippen LogP contribution < -0.4 is 25.4 Å². The van der Waals surface area contributed by atoms with Crippen LogP contribution in [0.25, 0.3) is 22.3 Å². The molecular formula is C27H28FN7O3. The predicted octanol–water partition coefficient (Wildman–Crippen LogP) is 3.46. The average molecular weight is 518 g/mol. The lowest BCUT2D eigenvalue weighted by molar-refractivity contribution is 0.194. The fourth-order valence-electron chi connectivity index (χ4n) is 4.45. The monoisotopic (exact) mass is 517 g/mol. The maximum absolute atomic E-state index is 13.4. The molecule has 0 spiro atoms. The van der Waals surface area contributed by atoms with Gasteiger partial charge in [-0.25, -0.2) is 19.2 Å². The van der Waals surface area contributed by atoms with Gasteiger partial charge in [0.15, 0.2) is 17.3 Å². The van der Waals surface area contributed by atoms with E-state index in [0.29, 0.717) is 60.1 Å². The second-order valence-corrected chi connectivity index (χ2v) is 8.80. The van der Waals surface area contributed by atoms with Gasteiger partial charge < -0.3 is 30.3 Å². The lowest BCUT2D eigenvalue weighted by atomic mass is 10.1. The zero-order chi connectivity index (χ0) is 26.6. The predicted molar refractivity (Wildman–Crippen MR) is 143 cm³/mol. The molecule has 1 aliphatic heterocycles. The van der Waals surface area contributed by atoms with E-state index in [0.717, 1.165) is 11.3 Å². The topological polar surface area (TPSA) is 119 Å². The summed E-state index contributed by atoms with van der Waals surface area (Å²) in [4.78, 5) is 30.2. The van der Waals surface area contributed by atoms with Crippen molar-refractivity contribution < 1.29 is 18.7 Å². The molecule has 2 amide bonds. The molecule has 38 heavy (non-hydrogen) atoms. The van der Waals surface area contributed by atoms with Crippen molar-refractivity contribution in [1.29, 1.82) is 0 Å². The molecule has 5 rings (SSSR count). The zero-order valence-electron chi connectivity index (χ0n) is 21.1. The van der Waals surface area contributed by atoms with Crippen molar-refractivity contribution in [2.24, 2.45) is 0 Å². The van der Waals surface area contributed by atoms with E-state index in [1.807, 2.05) is 30.3 Å². The Balaban J connectivity index is 1.33. The highest BCUT2D eigenvalue weighted by Gasteiger charge is 2.24. The number of methoxy groups -OCH3 is 2. The molecule has 11 heteroatoms. The summed E-state index contributed by atoms with van der Waals surface area (Å²) in [5.74, 6) is 1.68. The molecule has 0 bridgehead atoms. The number of urea groups is 1. The third kappa shape index (κ3) is 5.22. The summed E-state index contributed by atoms with van der Waals surface area (Å²) in [7, 11) is 3.18. The van der Waals surface area contributed by atoms with Gasteiger partial charge in [-0.3, -0.25) is 0 Å². The van der Waals surface area contributed by atoms with Crippen molar-refractivity contribution in [3.05, 3.63) is 66.0 Å². The van der Waals surface area contributed by atoms with Crippen molar-refractivity contribution in [2.75, 3.05) is 51.0 Å². The van der Waals surface area contributed by atoms with Crippen molar-refractivity contribution in [3.63, 3.8) is 0 Å². The Hall–Kier alpha value is -4.67. The number of ether oxygens (including phenoxy) is 2. The van der Waals surface area contributed by atoms with E-state index in [-0.39, 0.29) is 24.3 Å². The number of nitrogen functional groups attached to an aromatic ring is 1. The minimum absolute atomic E-state index is 0.156. The molecule has 1 saturated heterocycles. The highest BCUT2D eigenvalue weighted by atomic mass is 19.1. The number of hydrogen-bond acceptors (Lipinski definition) is 8. The van der Waals surface area contributed by atoms with Gasteiger partial charge in [-0.05, 0) is 48.0 Å². The number of amides is 2. The number of hydrogen-bond donors (Lipinski definition) is 2. The van der Waals surface area contributed by atoms with Gasteiger partial charge in [0.1, 0.15) is 11.3 Å². The fraction of sp³-hybridized carbons (Fsp3) is 0.259. The third-order valence-corrected chi connectivity index (χ3v) is 6.42. The smallest absolute Gasteiger partial charge is 0.317 e. The zero-order valence-corrected chi connectivity index (χ0v) is 21.1. The molecule has 3 heterocycles. The minimum Gasteiger partial charge on any atom is -0.493 e. The number of halogens is 1. The Morgan fingerprint density at radius 3 is 2.50 bits per heavy atom. The maximum Gasteiger partial charge on any atom is 0.317 e. The molecule has 0 unspecified atom stereocenters. The summed E-state index contributed by atoms with van der Waals surface area (Å²) >= 11 is 0. The van der Waals surface area contributed by atoms with Crippen LogP contribution in [-0.2, 0) is 6.54 Å². The van der Waals surface area contributed by atoms with Gasteiger partial charge in [-0.15, -0.1) is 0 Å². The highest BCUT2D eigenvalue weighted by molar-refractivity contribution is 5.89. The fourth-order valence-corrected chi connectivity index (χ4v) is 4.45. The number of nitrogens with two attached hydrogens (primary N) is 1. The Kier molecular flexibility index (Phi) is 7.07. The standard InChI is InChI=1S/C27H28FN7O3/c1-37-22-9-6-18(15-23(22)38-2)20-7-8-21-24(31-20)25(33-26(29)32-21)34-10-12-35(13-11-34)27(36)30-16-17-4-3-5-19(28)14-17/h3-9,14-15H,10-13,16H2,1-2H3,(H,30,36)(H2,29,32,33). The summed E-state index contributed by atoms with van der Waals surface area (Å²) in [6.45, 7) is 2.31. The number of benzene rings is 2. The molecule has 0 radical (unpaired) electrons. The summed E-state index contributed by atoms with van der Waals surface area (Å²) in [6.07, 6.45) is 0. The van der Waals surface area contributed by atoms with Crippen LogP contribution in [0.4, 0.5) is 21.0 Å². The molecular weight excluding hydrogens is 489 g/mol. The third-order valence-electron chi connectivity index (χ3n) is 6.42. The number of rotatable bonds is 6. The molecule has 10 nitrogen and oxygen atoms in total. The van der Waals surface area contributed by atoms with E-state index in [4.69, 9.17) is 20.2 Å². The second-order valence-electron chi connectivity index (χ2n) is 8.80.